The number of carbonyl (C=O) groups is 2. The maximum Gasteiger partial charge on any atom is 0.279 e. The minimum atomic E-state index is -0.724. The van der Waals surface area contributed by atoms with Gasteiger partial charge in [0, 0.05) is 6.61 Å². The summed E-state index contributed by atoms with van der Waals surface area (Å²) in [6.07, 6.45) is -0.724. The summed E-state index contributed by atoms with van der Waals surface area (Å²) in [5.74, 6) is -0.191. The lowest BCUT2D eigenvalue weighted by Gasteiger charge is -2.17. The average Bonchev–Trinajstić information content (AvgIpc) is 2.46. The van der Waals surface area contributed by atoms with Gasteiger partial charge < -0.3 is 9.47 Å². The summed E-state index contributed by atoms with van der Waals surface area (Å²) in [6.45, 7) is 7.60. The number of rotatable bonds is 6. The number of hydrazine groups is 1. The minimum absolute atomic E-state index is 0.0942. The highest BCUT2D eigenvalue weighted by atomic mass is 16.5. The number of nitrogens with one attached hydrogen (secondary N) is 2. The first-order chi connectivity index (χ1) is 9.93. The van der Waals surface area contributed by atoms with Crippen LogP contribution < -0.4 is 15.6 Å². The van der Waals surface area contributed by atoms with Crippen LogP contribution in [-0.2, 0) is 14.3 Å². The molecule has 0 aromatic heterocycles. The Balaban J connectivity index is 2.47. The van der Waals surface area contributed by atoms with E-state index in [1.54, 1.807) is 13.8 Å². The van der Waals surface area contributed by atoms with E-state index in [1.807, 2.05) is 32.0 Å². The summed E-state index contributed by atoms with van der Waals surface area (Å²) in [5.41, 5.74) is 6.56. The van der Waals surface area contributed by atoms with Gasteiger partial charge in [-0.3, -0.25) is 20.4 Å². The smallest absolute Gasteiger partial charge is 0.279 e. The van der Waals surface area contributed by atoms with Crippen LogP contribution in [0.5, 0.6) is 5.75 Å². The van der Waals surface area contributed by atoms with Crippen LogP contribution >= 0.6 is 0 Å². The summed E-state index contributed by atoms with van der Waals surface area (Å²) in [4.78, 5) is 23.1. The summed E-state index contributed by atoms with van der Waals surface area (Å²) < 4.78 is 10.5. The highest BCUT2D eigenvalue weighted by Crippen LogP contribution is 2.20. The molecule has 0 bridgehead atoms. The van der Waals surface area contributed by atoms with E-state index in [0.29, 0.717) is 12.4 Å². The van der Waals surface area contributed by atoms with Crippen LogP contribution in [0.25, 0.3) is 0 Å². The van der Waals surface area contributed by atoms with Crippen molar-refractivity contribution >= 4 is 11.8 Å². The van der Waals surface area contributed by atoms with Gasteiger partial charge in [0.15, 0.2) is 6.10 Å². The fourth-order valence-corrected chi connectivity index (χ4v) is 1.54. The van der Waals surface area contributed by atoms with Gasteiger partial charge in [0.05, 0.1) is 0 Å². The molecule has 0 aliphatic heterocycles. The van der Waals surface area contributed by atoms with Gasteiger partial charge in [0.25, 0.3) is 11.8 Å². The Labute approximate surface area is 124 Å². The maximum absolute atomic E-state index is 11.8. The monoisotopic (exact) mass is 294 g/mol. The molecule has 1 atom stereocenters. The molecule has 1 unspecified atom stereocenters. The topological polar surface area (TPSA) is 76.7 Å². The van der Waals surface area contributed by atoms with E-state index in [2.05, 4.69) is 10.9 Å². The zero-order chi connectivity index (χ0) is 15.8. The molecule has 1 aromatic rings. The van der Waals surface area contributed by atoms with Crippen molar-refractivity contribution in [2.75, 3.05) is 13.2 Å². The van der Waals surface area contributed by atoms with Crippen molar-refractivity contribution < 1.29 is 19.1 Å². The molecule has 0 saturated heterocycles. The average molecular weight is 294 g/mol. The van der Waals surface area contributed by atoms with Crippen LogP contribution in [0.2, 0.25) is 0 Å². The van der Waals surface area contributed by atoms with Crippen molar-refractivity contribution in [1.82, 2.24) is 10.9 Å². The van der Waals surface area contributed by atoms with Gasteiger partial charge in [-0.15, -0.1) is 0 Å². The Hall–Kier alpha value is -2.08. The van der Waals surface area contributed by atoms with Crippen molar-refractivity contribution in [2.24, 2.45) is 0 Å². The molecule has 116 valence electrons. The molecule has 0 spiro atoms. The number of aryl methyl sites for hydroxylation is 2. The molecule has 21 heavy (non-hydrogen) atoms. The second-order valence-electron chi connectivity index (χ2n) is 4.70. The third-order valence-corrected chi connectivity index (χ3v) is 2.78. The molecule has 2 amide bonds. The fraction of sp³-hybridized carbons (Fsp3) is 0.467. The van der Waals surface area contributed by atoms with Crippen molar-refractivity contribution in [2.45, 2.75) is 33.8 Å². The molecule has 0 heterocycles. The van der Waals surface area contributed by atoms with E-state index >= 15 is 0 Å². The van der Waals surface area contributed by atoms with E-state index in [0.717, 1.165) is 11.1 Å². The van der Waals surface area contributed by atoms with Gasteiger partial charge in [-0.1, -0.05) is 12.1 Å². The molecule has 6 heteroatoms. The minimum Gasteiger partial charge on any atom is -0.481 e. The highest BCUT2D eigenvalue weighted by molar-refractivity contribution is 5.85. The summed E-state index contributed by atoms with van der Waals surface area (Å²) in [6, 6.07) is 5.77. The quantitative estimate of drug-likeness (QED) is 0.774. The van der Waals surface area contributed by atoms with E-state index in [9.17, 15) is 9.59 Å². The summed E-state index contributed by atoms with van der Waals surface area (Å²) >= 11 is 0. The van der Waals surface area contributed by atoms with Gasteiger partial charge in [-0.05, 0) is 44.9 Å². The van der Waals surface area contributed by atoms with Gasteiger partial charge in [0.2, 0.25) is 0 Å². The molecule has 2 N–H and O–H groups in total. The molecule has 0 radical (unpaired) electrons. The summed E-state index contributed by atoms with van der Waals surface area (Å²) in [7, 11) is 0. The van der Waals surface area contributed by atoms with E-state index < -0.39 is 17.9 Å². The Morgan fingerprint density at radius 2 is 1.95 bits per heavy atom. The predicted octanol–water partition coefficient (Wildman–Crippen LogP) is 1.25. The van der Waals surface area contributed by atoms with Crippen LogP contribution in [0.1, 0.15) is 25.0 Å². The van der Waals surface area contributed by atoms with Gasteiger partial charge >= 0.3 is 0 Å². The molecule has 0 aliphatic rings. The largest absolute Gasteiger partial charge is 0.481 e. The van der Waals surface area contributed by atoms with Crippen LogP contribution in [0, 0.1) is 13.8 Å². The number of hydrogen-bond donors (Lipinski definition) is 2. The van der Waals surface area contributed by atoms with Crippen molar-refractivity contribution in [1.29, 1.82) is 0 Å². The number of hydrogen-bond acceptors (Lipinski definition) is 4. The Bertz CT molecular complexity index is 502. The van der Waals surface area contributed by atoms with E-state index in [4.69, 9.17) is 9.47 Å². The predicted molar refractivity (Wildman–Crippen MR) is 78.8 cm³/mol. The van der Waals surface area contributed by atoms with Crippen LogP contribution in [0.4, 0.5) is 0 Å². The SMILES string of the molecule is CCOCC(=O)NNC(=O)C(C)Oc1cc(C)ccc1C. The Morgan fingerprint density at radius 1 is 1.24 bits per heavy atom. The zero-order valence-corrected chi connectivity index (χ0v) is 12.9. The molecule has 0 fully saturated rings. The Kier molecular flexibility index (Phi) is 6.68. The maximum atomic E-state index is 11.8. The fourth-order valence-electron chi connectivity index (χ4n) is 1.54. The summed E-state index contributed by atoms with van der Waals surface area (Å²) in [5, 5.41) is 0. The van der Waals surface area contributed by atoms with Gasteiger partial charge in [-0.2, -0.15) is 0 Å². The van der Waals surface area contributed by atoms with Crippen molar-refractivity contribution in [3.8, 4) is 5.75 Å². The molecule has 0 saturated carbocycles. The number of amides is 2. The van der Waals surface area contributed by atoms with Crippen LogP contribution in [-0.4, -0.2) is 31.1 Å². The first kappa shape index (κ1) is 17.0. The molecular formula is C15H22N2O4. The zero-order valence-electron chi connectivity index (χ0n) is 12.9. The second-order valence-corrected chi connectivity index (χ2v) is 4.70. The first-order valence-corrected chi connectivity index (χ1v) is 6.84. The number of carbonyl (C=O) groups excluding carboxylic acids is 2. The molecule has 0 aliphatic carbocycles. The number of ether oxygens (including phenoxy) is 2. The third kappa shape index (κ3) is 5.83. The molecule has 1 aromatic carbocycles. The Morgan fingerprint density at radius 3 is 2.62 bits per heavy atom. The normalized spacial score (nSPS) is 11.6. The van der Waals surface area contributed by atoms with E-state index in [-0.39, 0.29) is 6.61 Å². The van der Waals surface area contributed by atoms with Gasteiger partial charge in [0.1, 0.15) is 12.4 Å². The van der Waals surface area contributed by atoms with Crippen LogP contribution in [0.3, 0.4) is 0 Å². The number of benzene rings is 1. The third-order valence-electron chi connectivity index (χ3n) is 2.78. The van der Waals surface area contributed by atoms with Crippen molar-refractivity contribution in [3.05, 3.63) is 29.3 Å². The molecular weight excluding hydrogens is 272 g/mol. The lowest BCUT2D eigenvalue weighted by Crippen LogP contribution is -2.48. The first-order valence-electron chi connectivity index (χ1n) is 6.84. The van der Waals surface area contributed by atoms with Gasteiger partial charge in [-0.25, -0.2) is 0 Å². The van der Waals surface area contributed by atoms with Crippen molar-refractivity contribution in [3.63, 3.8) is 0 Å². The molecule has 1 rings (SSSR count). The molecule has 6 nitrogen and oxygen atoms in total. The van der Waals surface area contributed by atoms with Crippen LogP contribution in [0.15, 0.2) is 18.2 Å². The lowest BCUT2D eigenvalue weighted by molar-refractivity contribution is -0.134. The lowest BCUT2D eigenvalue weighted by atomic mass is 10.1. The highest BCUT2D eigenvalue weighted by Gasteiger charge is 2.16. The van der Waals surface area contributed by atoms with E-state index in [1.165, 1.54) is 0 Å². The second kappa shape index (κ2) is 8.26. The standard InChI is InChI=1S/C15H22N2O4/c1-5-20-9-14(18)16-17-15(19)12(4)21-13-8-10(2)6-7-11(13)3/h6-8,12H,5,9H2,1-4H3,(H,16,18)(H,17,19).